The summed E-state index contributed by atoms with van der Waals surface area (Å²) in [5.41, 5.74) is 0.217. The van der Waals surface area contributed by atoms with Crippen LogP contribution in [0, 0.1) is 0 Å². The molecular formula is C10H10N6O. The van der Waals surface area contributed by atoms with Gasteiger partial charge in [0.25, 0.3) is 5.91 Å². The minimum Gasteiger partial charge on any atom is -0.372 e. The van der Waals surface area contributed by atoms with Gasteiger partial charge in [-0.1, -0.05) is 0 Å². The second-order valence-electron chi connectivity index (χ2n) is 3.12. The number of nitrogens with zero attached hydrogens (tertiary/aromatic N) is 4. The van der Waals surface area contributed by atoms with Crippen molar-refractivity contribution in [3.05, 3.63) is 36.2 Å². The highest BCUT2D eigenvalue weighted by molar-refractivity contribution is 6.02. The number of amides is 1. The molecule has 0 saturated carbocycles. The first-order valence-corrected chi connectivity index (χ1v) is 4.90. The molecule has 0 saturated heterocycles. The number of carbonyl (C=O) groups is 1. The summed E-state index contributed by atoms with van der Waals surface area (Å²) < 4.78 is 0. The van der Waals surface area contributed by atoms with Gasteiger partial charge in [0.1, 0.15) is 5.82 Å². The van der Waals surface area contributed by atoms with Gasteiger partial charge in [-0.3, -0.25) is 4.79 Å². The summed E-state index contributed by atoms with van der Waals surface area (Å²) in [5, 5.41) is 20.3. The van der Waals surface area contributed by atoms with Gasteiger partial charge in [-0.25, -0.2) is 0 Å². The zero-order valence-electron chi connectivity index (χ0n) is 9.08. The summed E-state index contributed by atoms with van der Waals surface area (Å²) in [7, 11) is 1.73. The molecule has 2 aromatic heterocycles. The molecule has 0 fully saturated rings. The fourth-order valence-electron chi connectivity index (χ4n) is 1.14. The van der Waals surface area contributed by atoms with Crippen molar-refractivity contribution < 1.29 is 4.79 Å². The minimum absolute atomic E-state index is 0.217. The highest BCUT2D eigenvalue weighted by Gasteiger charge is 2.08. The number of rotatable bonds is 3. The Morgan fingerprint density at radius 2 is 2.00 bits per heavy atom. The van der Waals surface area contributed by atoms with Gasteiger partial charge in [-0.05, 0) is 24.3 Å². The lowest BCUT2D eigenvalue weighted by Gasteiger charge is -2.02. The molecule has 2 heterocycles. The van der Waals surface area contributed by atoms with Crippen molar-refractivity contribution in [2.45, 2.75) is 0 Å². The second kappa shape index (κ2) is 4.97. The Kier molecular flexibility index (Phi) is 3.20. The van der Waals surface area contributed by atoms with Crippen LogP contribution in [0.2, 0.25) is 0 Å². The van der Waals surface area contributed by atoms with Crippen molar-refractivity contribution in [2.24, 2.45) is 0 Å². The highest BCUT2D eigenvalue weighted by Crippen LogP contribution is 2.04. The van der Waals surface area contributed by atoms with Crippen molar-refractivity contribution in [3.63, 3.8) is 0 Å². The number of hydrogen-bond donors (Lipinski definition) is 2. The van der Waals surface area contributed by atoms with Crippen LogP contribution in [0.5, 0.6) is 0 Å². The van der Waals surface area contributed by atoms with E-state index in [4.69, 9.17) is 0 Å². The molecule has 0 spiro atoms. The molecule has 1 amide bonds. The number of nitrogens with one attached hydrogen (secondary N) is 2. The molecule has 2 aromatic rings. The van der Waals surface area contributed by atoms with Crippen LogP contribution >= 0.6 is 0 Å². The van der Waals surface area contributed by atoms with Crippen LogP contribution in [0.15, 0.2) is 30.5 Å². The Balaban J connectivity index is 2.09. The van der Waals surface area contributed by atoms with Crippen LogP contribution in [0.1, 0.15) is 10.5 Å². The lowest BCUT2D eigenvalue weighted by atomic mass is 10.3. The Bertz CT molecular complexity index is 498. The maximum atomic E-state index is 11.7. The molecule has 0 atom stereocenters. The highest BCUT2D eigenvalue weighted by atomic mass is 16.2. The lowest BCUT2D eigenvalue weighted by Crippen LogP contribution is -2.15. The average Bonchev–Trinajstić information content (AvgIpc) is 2.40. The topological polar surface area (TPSA) is 92.7 Å². The van der Waals surface area contributed by atoms with Crippen LogP contribution in [0.4, 0.5) is 11.6 Å². The molecule has 0 bridgehead atoms. The number of anilines is 2. The molecule has 7 heteroatoms. The standard InChI is InChI=1S/C10H10N6O/c1-11-8-5-4-7(14-16-8)10(17)13-9-3-2-6-12-15-9/h2-6H,1H3,(H,11,16)(H,13,15,17). The largest absolute Gasteiger partial charge is 0.372 e. The summed E-state index contributed by atoms with van der Waals surface area (Å²) >= 11 is 0. The summed E-state index contributed by atoms with van der Waals surface area (Å²) in [4.78, 5) is 11.7. The van der Waals surface area contributed by atoms with Gasteiger partial charge < -0.3 is 10.6 Å². The van der Waals surface area contributed by atoms with E-state index in [-0.39, 0.29) is 11.6 Å². The van der Waals surface area contributed by atoms with Gasteiger partial charge in [-0.15, -0.1) is 15.3 Å². The predicted octanol–water partition coefficient (Wildman–Crippen LogP) is 0.561. The van der Waals surface area contributed by atoms with Crippen molar-refractivity contribution in [3.8, 4) is 0 Å². The number of hydrogen-bond acceptors (Lipinski definition) is 6. The van der Waals surface area contributed by atoms with E-state index in [1.165, 1.54) is 6.20 Å². The maximum Gasteiger partial charge on any atom is 0.277 e. The normalized spacial score (nSPS) is 9.71. The minimum atomic E-state index is -0.374. The van der Waals surface area contributed by atoms with Crippen molar-refractivity contribution in [1.82, 2.24) is 20.4 Å². The summed E-state index contributed by atoms with van der Waals surface area (Å²) in [6.45, 7) is 0. The predicted molar refractivity (Wildman–Crippen MR) is 61.6 cm³/mol. The smallest absolute Gasteiger partial charge is 0.277 e. The summed E-state index contributed by atoms with van der Waals surface area (Å²) in [5.74, 6) is 0.596. The first kappa shape index (κ1) is 10.9. The fourth-order valence-corrected chi connectivity index (χ4v) is 1.14. The van der Waals surface area contributed by atoms with Gasteiger partial charge in [-0.2, -0.15) is 5.10 Å². The monoisotopic (exact) mass is 230 g/mol. The third kappa shape index (κ3) is 2.71. The van der Waals surface area contributed by atoms with Crippen LogP contribution in [0.3, 0.4) is 0 Å². The Labute approximate surface area is 97.3 Å². The summed E-state index contributed by atoms with van der Waals surface area (Å²) in [6.07, 6.45) is 1.52. The molecule has 2 N–H and O–H groups in total. The quantitative estimate of drug-likeness (QED) is 0.800. The third-order valence-electron chi connectivity index (χ3n) is 1.97. The number of carbonyl (C=O) groups excluding carboxylic acids is 1. The molecule has 0 aromatic carbocycles. The van der Waals surface area contributed by atoms with Gasteiger partial charge in [0.2, 0.25) is 0 Å². The van der Waals surface area contributed by atoms with Crippen LogP contribution in [-0.4, -0.2) is 33.3 Å². The SMILES string of the molecule is CNc1ccc(C(=O)Nc2cccnn2)nn1. The maximum absolute atomic E-state index is 11.7. The molecule has 7 nitrogen and oxygen atoms in total. The van der Waals surface area contributed by atoms with Crippen molar-refractivity contribution in [2.75, 3.05) is 17.7 Å². The first-order valence-electron chi connectivity index (χ1n) is 4.90. The second-order valence-corrected chi connectivity index (χ2v) is 3.12. The molecule has 0 aliphatic rings. The average molecular weight is 230 g/mol. The van der Waals surface area contributed by atoms with Crippen molar-refractivity contribution in [1.29, 1.82) is 0 Å². The van der Waals surface area contributed by atoms with E-state index < -0.39 is 0 Å². The Hall–Kier alpha value is -2.57. The van der Waals surface area contributed by atoms with Gasteiger partial charge >= 0.3 is 0 Å². The molecule has 86 valence electrons. The zero-order chi connectivity index (χ0) is 12.1. The Morgan fingerprint density at radius 1 is 1.12 bits per heavy atom. The van der Waals surface area contributed by atoms with E-state index in [9.17, 15) is 4.79 Å². The lowest BCUT2D eigenvalue weighted by molar-refractivity contribution is 0.102. The van der Waals surface area contributed by atoms with Crippen LogP contribution in [0.25, 0.3) is 0 Å². The van der Waals surface area contributed by atoms with E-state index in [1.807, 2.05) is 0 Å². The summed E-state index contributed by atoms with van der Waals surface area (Å²) in [6, 6.07) is 6.56. The molecule has 0 unspecified atom stereocenters. The first-order chi connectivity index (χ1) is 8.29. The van der Waals surface area contributed by atoms with E-state index in [0.717, 1.165) is 0 Å². The van der Waals surface area contributed by atoms with Crippen LogP contribution in [-0.2, 0) is 0 Å². The van der Waals surface area contributed by atoms with E-state index in [1.54, 1.807) is 31.3 Å². The molecule has 2 rings (SSSR count). The van der Waals surface area contributed by atoms with Gasteiger partial charge in [0.05, 0.1) is 0 Å². The molecule has 0 aliphatic carbocycles. The van der Waals surface area contributed by atoms with Gasteiger partial charge in [0, 0.05) is 13.2 Å². The zero-order valence-corrected chi connectivity index (χ0v) is 9.08. The third-order valence-corrected chi connectivity index (χ3v) is 1.97. The molecule has 0 aliphatic heterocycles. The molecular weight excluding hydrogens is 220 g/mol. The van der Waals surface area contributed by atoms with E-state index in [2.05, 4.69) is 31.0 Å². The van der Waals surface area contributed by atoms with E-state index >= 15 is 0 Å². The Morgan fingerprint density at radius 3 is 2.59 bits per heavy atom. The number of aromatic nitrogens is 4. The molecule has 0 radical (unpaired) electrons. The van der Waals surface area contributed by atoms with Gasteiger partial charge in [0.15, 0.2) is 11.5 Å². The van der Waals surface area contributed by atoms with E-state index in [0.29, 0.717) is 11.6 Å². The molecule has 17 heavy (non-hydrogen) atoms. The van der Waals surface area contributed by atoms with Crippen molar-refractivity contribution >= 4 is 17.5 Å². The van der Waals surface area contributed by atoms with Crippen LogP contribution < -0.4 is 10.6 Å². The fraction of sp³-hybridized carbons (Fsp3) is 0.100.